The van der Waals surface area contributed by atoms with Crippen molar-refractivity contribution in [3.8, 4) is 0 Å². The van der Waals surface area contributed by atoms with Gasteiger partial charge in [0.05, 0.1) is 0 Å². The van der Waals surface area contributed by atoms with Gasteiger partial charge in [0.15, 0.2) is 0 Å². The molecule has 6 amide bonds. The lowest BCUT2D eigenvalue weighted by Crippen LogP contribution is -2.71. The Morgan fingerprint density at radius 3 is 1.58 bits per heavy atom. The minimum Gasteiger partial charge on any atom is -0.333 e. The lowest BCUT2D eigenvalue weighted by Gasteiger charge is -2.43. The van der Waals surface area contributed by atoms with Crippen molar-refractivity contribution in [3.63, 3.8) is 0 Å². The van der Waals surface area contributed by atoms with E-state index in [0.717, 1.165) is 0 Å². The maximum Gasteiger partial charge on any atom is 0.323 e. The summed E-state index contributed by atoms with van der Waals surface area (Å²) in [6, 6.07) is -1.39. The number of urea groups is 2. The van der Waals surface area contributed by atoms with Gasteiger partial charge in [0.1, 0.15) is 23.3 Å². The minimum absolute atomic E-state index is 0.613. The number of fused-ring (bicyclic) bond motifs is 3. The summed E-state index contributed by atoms with van der Waals surface area (Å²) in [7, 11) is 0. The zero-order valence-corrected chi connectivity index (χ0v) is 10.2. The molecule has 9 nitrogen and oxygen atoms in total. The molecule has 0 aromatic rings. The van der Waals surface area contributed by atoms with Crippen LogP contribution in [0.3, 0.4) is 0 Å². The van der Waals surface area contributed by atoms with Gasteiger partial charge in [-0.2, -0.15) is 0 Å². The third-order valence-corrected chi connectivity index (χ3v) is 4.32. The second-order valence-corrected chi connectivity index (χ2v) is 5.16. The summed E-state index contributed by atoms with van der Waals surface area (Å²) in [6.45, 7) is 3.03. The first-order valence-electron chi connectivity index (χ1n) is 5.69. The maximum absolute atomic E-state index is 12.2. The van der Waals surface area contributed by atoms with Crippen molar-refractivity contribution in [3.05, 3.63) is 0 Å². The molecule has 4 N–H and O–H groups in total. The number of rotatable bonds is 0. The van der Waals surface area contributed by atoms with Gasteiger partial charge in [0.2, 0.25) is 11.8 Å². The average Bonchev–Trinajstić information content (AvgIpc) is 2.52. The first kappa shape index (κ1) is 11.9. The molecular formula is C10H12N4O5. The van der Waals surface area contributed by atoms with Crippen LogP contribution in [-0.2, 0) is 14.3 Å². The van der Waals surface area contributed by atoms with Crippen molar-refractivity contribution >= 4 is 23.9 Å². The van der Waals surface area contributed by atoms with E-state index < -0.39 is 47.2 Å². The molecule has 0 spiro atoms. The van der Waals surface area contributed by atoms with E-state index in [1.807, 2.05) is 0 Å². The molecule has 0 aliphatic carbocycles. The zero-order valence-electron chi connectivity index (χ0n) is 10.2. The van der Waals surface area contributed by atoms with Crippen LogP contribution in [0.2, 0.25) is 0 Å². The summed E-state index contributed by atoms with van der Waals surface area (Å²) in [5.74, 6) is -1.23. The van der Waals surface area contributed by atoms with Gasteiger partial charge in [-0.3, -0.25) is 20.2 Å². The molecule has 4 atom stereocenters. The molecule has 3 fully saturated rings. The fourth-order valence-electron chi connectivity index (χ4n) is 2.80. The highest BCUT2D eigenvalue weighted by Gasteiger charge is 2.72. The van der Waals surface area contributed by atoms with E-state index in [1.54, 1.807) is 0 Å². The summed E-state index contributed by atoms with van der Waals surface area (Å²) in [5.41, 5.74) is -2.63. The minimum atomic E-state index is -1.32. The summed E-state index contributed by atoms with van der Waals surface area (Å²) < 4.78 is 5.47. The number of carbonyl (C=O) groups excluding carboxylic acids is 4. The van der Waals surface area contributed by atoms with Gasteiger partial charge in [-0.05, 0) is 13.8 Å². The van der Waals surface area contributed by atoms with E-state index in [4.69, 9.17) is 4.74 Å². The molecule has 3 aliphatic heterocycles. The number of imide groups is 2. The van der Waals surface area contributed by atoms with Crippen molar-refractivity contribution in [2.45, 2.75) is 26.3 Å². The number of hydrogen-bond acceptors (Lipinski definition) is 5. The lowest BCUT2D eigenvalue weighted by molar-refractivity contribution is -0.150. The normalized spacial score (nSPS) is 44.5. The third kappa shape index (κ3) is 1.17. The van der Waals surface area contributed by atoms with Crippen LogP contribution in [0.4, 0.5) is 9.59 Å². The van der Waals surface area contributed by atoms with Gasteiger partial charge in [-0.1, -0.05) is 0 Å². The van der Waals surface area contributed by atoms with Crippen LogP contribution < -0.4 is 21.3 Å². The molecule has 9 heteroatoms. The van der Waals surface area contributed by atoms with Crippen LogP contribution in [0.15, 0.2) is 0 Å². The molecule has 3 saturated heterocycles. The summed E-state index contributed by atoms with van der Waals surface area (Å²) in [5, 5.41) is 9.12. The van der Waals surface area contributed by atoms with E-state index in [9.17, 15) is 19.2 Å². The molecule has 0 aromatic carbocycles. The molecule has 102 valence electrons. The maximum atomic E-state index is 12.2. The van der Waals surface area contributed by atoms with Gasteiger partial charge < -0.3 is 15.4 Å². The Labute approximate surface area is 107 Å². The number of nitrogens with one attached hydrogen (secondary N) is 4. The Bertz CT molecular complexity index is 488. The molecule has 3 aliphatic rings. The van der Waals surface area contributed by atoms with E-state index in [2.05, 4.69) is 21.3 Å². The van der Waals surface area contributed by atoms with Crippen LogP contribution >= 0.6 is 0 Å². The Hall–Kier alpha value is -2.16. The van der Waals surface area contributed by atoms with Crippen molar-refractivity contribution in [2.24, 2.45) is 10.8 Å². The van der Waals surface area contributed by atoms with Crippen molar-refractivity contribution in [1.29, 1.82) is 0 Å². The SMILES string of the molecule is C[C@@]12C(=O)NC(=O)N[C@@H]1O[C@H]1NC(=O)NC(=O)[C@]12C. The Morgan fingerprint density at radius 2 is 1.21 bits per heavy atom. The summed E-state index contributed by atoms with van der Waals surface area (Å²) in [6.07, 6.45) is -1.96. The predicted molar refractivity (Wildman–Crippen MR) is 58.2 cm³/mol. The van der Waals surface area contributed by atoms with Crippen molar-refractivity contribution in [1.82, 2.24) is 21.3 Å². The van der Waals surface area contributed by atoms with Crippen LogP contribution in [0.5, 0.6) is 0 Å². The molecular weight excluding hydrogens is 256 g/mol. The fourth-order valence-corrected chi connectivity index (χ4v) is 2.80. The highest BCUT2D eigenvalue weighted by atomic mass is 16.5. The lowest BCUT2D eigenvalue weighted by atomic mass is 9.62. The Balaban J connectivity index is 2.11. The standard InChI is InChI=1S/C10H12N4O5/c1-9-3(15)11-7(17)13-5(9)19-6-10(9,2)4(16)12-8(18)14-6/h5-6H,1-2H3,(H2,11,13,15,17)(H2,12,14,16,18)/t5-,6-,9-,10-/m1/s1. The second kappa shape index (κ2) is 3.23. The van der Waals surface area contributed by atoms with Crippen LogP contribution in [-0.4, -0.2) is 36.3 Å². The van der Waals surface area contributed by atoms with E-state index in [0.29, 0.717) is 0 Å². The van der Waals surface area contributed by atoms with Crippen molar-refractivity contribution in [2.75, 3.05) is 0 Å². The highest BCUT2D eigenvalue weighted by molar-refractivity contribution is 6.08. The van der Waals surface area contributed by atoms with Gasteiger partial charge in [0.25, 0.3) is 0 Å². The average molecular weight is 268 g/mol. The number of hydrogen-bond donors (Lipinski definition) is 4. The molecule has 0 unspecified atom stereocenters. The molecule has 3 rings (SSSR count). The monoisotopic (exact) mass is 268 g/mol. The van der Waals surface area contributed by atoms with Gasteiger partial charge in [-0.15, -0.1) is 0 Å². The topological polar surface area (TPSA) is 126 Å². The van der Waals surface area contributed by atoms with E-state index >= 15 is 0 Å². The van der Waals surface area contributed by atoms with Gasteiger partial charge in [0, 0.05) is 0 Å². The van der Waals surface area contributed by atoms with Crippen LogP contribution in [0.25, 0.3) is 0 Å². The molecule has 3 heterocycles. The van der Waals surface area contributed by atoms with Gasteiger partial charge in [-0.25, -0.2) is 9.59 Å². The number of carbonyl (C=O) groups is 4. The smallest absolute Gasteiger partial charge is 0.323 e. The van der Waals surface area contributed by atoms with E-state index in [1.165, 1.54) is 13.8 Å². The van der Waals surface area contributed by atoms with Gasteiger partial charge >= 0.3 is 12.1 Å². The predicted octanol–water partition coefficient (Wildman–Crippen LogP) is -1.64. The van der Waals surface area contributed by atoms with Crippen LogP contribution in [0.1, 0.15) is 13.8 Å². The molecule has 19 heavy (non-hydrogen) atoms. The number of amides is 6. The molecule has 0 radical (unpaired) electrons. The largest absolute Gasteiger partial charge is 0.333 e. The Morgan fingerprint density at radius 1 is 0.842 bits per heavy atom. The summed E-state index contributed by atoms with van der Waals surface area (Å²) >= 11 is 0. The zero-order chi connectivity index (χ0) is 14.0. The first-order chi connectivity index (χ1) is 8.80. The second-order valence-electron chi connectivity index (χ2n) is 5.16. The molecule has 0 aromatic heterocycles. The van der Waals surface area contributed by atoms with Crippen molar-refractivity contribution < 1.29 is 23.9 Å². The van der Waals surface area contributed by atoms with E-state index in [-0.39, 0.29) is 0 Å². The number of ether oxygens (including phenoxy) is 1. The summed E-state index contributed by atoms with van der Waals surface area (Å²) in [4.78, 5) is 46.9. The first-order valence-corrected chi connectivity index (χ1v) is 5.69. The Kier molecular flexibility index (Phi) is 2.03. The quantitative estimate of drug-likeness (QED) is 0.419. The molecule has 0 bridgehead atoms. The third-order valence-electron chi connectivity index (χ3n) is 4.32. The fraction of sp³-hybridized carbons (Fsp3) is 0.600. The highest BCUT2D eigenvalue weighted by Crippen LogP contribution is 2.53. The van der Waals surface area contributed by atoms with Crippen LogP contribution in [0, 0.1) is 10.8 Å². The molecule has 0 saturated carbocycles.